The van der Waals surface area contributed by atoms with Crippen molar-refractivity contribution in [3.63, 3.8) is 0 Å². The predicted octanol–water partition coefficient (Wildman–Crippen LogP) is 6.06. The van der Waals surface area contributed by atoms with Crippen molar-refractivity contribution in [1.29, 1.82) is 0 Å². The molecule has 1 aromatic carbocycles. The van der Waals surface area contributed by atoms with Gasteiger partial charge in [-0.3, -0.25) is 19.2 Å². The van der Waals surface area contributed by atoms with Crippen molar-refractivity contribution in [3.05, 3.63) is 52.0 Å². The number of rotatable bonds is 5. The number of ketones is 4. The number of carbonyl (C=O) groups is 4. The lowest BCUT2D eigenvalue weighted by atomic mass is 9.38. The van der Waals surface area contributed by atoms with Gasteiger partial charge in [-0.05, 0) is 49.1 Å². The van der Waals surface area contributed by atoms with E-state index >= 15 is 0 Å². The third-order valence-corrected chi connectivity index (χ3v) is 11.7. The smallest absolute Gasteiger partial charge is 0.209 e. The van der Waals surface area contributed by atoms with E-state index in [0.29, 0.717) is 5.56 Å². The highest BCUT2D eigenvalue weighted by Gasteiger charge is 2.75. The molecule has 0 aromatic heterocycles. The molecule has 8 nitrogen and oxygen atoms in total. The largest absolute Gasteiger partial charge is 0.511 e. The third-order valence-electron chi connectivity index (χ3n) is 11.7. The van der Waals surface area contributed by atoms with Gasteiger partial charge < -0.3 is 20.4 Å². The second-order valence-electron chi connectivity index (χ2n) is 14.1. The van der Waals surface area contributed by atoms with Crippen molar-refractivity contribution < 1.29 is 39.6 Å². The summed E-state index contributed by atoms with van der Waals surface area (Å²) in [6.45, 7) is 9.96. The van der Waals surface area contributed by atoms with Gasteiger partial charge in [-0.2, -0.15) is 0 Å². The number of aliphatic hydroxyl groups is 3. The number of hydrogen-bond donors (Lipinski definition) is 4. The maximum absolute atomic E-state index is 14.3. The minimum atomic E-state index is -2.78. The van der Waals surface area contributed by atoms with Gasteiger partial charge in [0.05, 0.1) is 5.56 Å². The molecule has 0 aliphatic heterocycles. The number of fused-ring (bicyclic) bond motifs is 3. The van der Waals surface area contributed by atoms with Gasteiger partial charge in [-0.25, -0.2) is 0 Å². The lowest BCUT2D eigenvalue weighted by Gasteiger charge is -2.65. The lowest BCUT2D eigenvalue weighted by molar-refractivity contribution is -0.194. The summed E-state index contributed by atoms with van der Waals surface area (Å²) < 4.78 is 0. The monoisotopic (exact) mass is 592 g/mol. The van der Waals surface area contributed by atoms with E-state index in [9.17, 15) is 39.6 Å². The van der Waals surface area contributed by atoms with Gasteiger partial charge in [0, 0.05) is 34.7 Å². The van der Waals surface area contributed by atoms with Crippen LogP contribution in [0.1, 0.15) is 108 Å². The fourth-order valence-corrected chi connectivity index (χ4v) is 9.50. The highest BCUT2D eigenvalue weighted by Crippen LogP contribution is 2.71. The Morgan fingerprint density at radius 2 is 1.60 bits per heavy atom. The van der Waals surface area contributed by atoms with Gasteiger partial charge in [0.15, 0.2) is 17.2 Å². The Hall–Kier alpha value is -3.26. The number of phenolic OH excluding ortho intramolecular Hbond substituents is 1. The summed E-state index contributed by atoms with van der Waals surface area (Å²) in [4.78, 5) is 55.6. The average molecular weight is 593 g/mol. The summed E-state index contributed by atoms with van der Waals surface area (Å²) in [6, 6.07) is 4.74. The first-order chi connectivity index (χ1) is 20.1. The predicted molar refractivity (Wildman–Crippen MR) is 160 cm³/mol. The molecule has 1 fully saturated rings. The fraction of sp³-hybridized carbons (Fsp3) is 0.600. The van der Waals surface area contributed by atoms with E-state index in [-0.39, 0.29) is 35.0 Å². The first-order valence-electron chi connectivity index (χ1n) is 15.6. The van der Waals surface area contributed by atoms with Crippen molar-refractivity contribution in [2.75, 3.05) is 0 Å². The minimum absolute atomic E-state index is 0.0241. The number of hydrogen-bond acceptors (Lipinski definition) is 8. The standard InChI is InChI=1S/C35H44O8/c1-17(2)27-29(39)25(19(4)36)31(41)35(43)32(42)28-30(40)26-21(14-11-15-22(26)37)18(3)33(28,5)24(34(27,35)6)16-23(38)20-12-9-7-8-10-13-20/h11,14-15,17-18,20,24,27,37,39,42-43H,7-10,12-13,16H2,1-6H3/t18-,24-,27?,33-,34-,35+/m1/s1. The van der Waals surface area contributed by atoms with Crippen LogP contribution >= 0.6 is 0 Å². The van der Waals surface area contributed by atoms with Crippen LogP contribution in [-0.4, -0.2) is 49.2 Å². The van der Waals surface area contributed by atoms with Crippen LogP contribution in [0.5, 0.6) is 5.75 Å². The molecule has 0 amide bonds. The van der Waals surface area contributed by atoms with Gasteiger partial charge >= 0.3 is 0 Å². The molecule has 1 saturated carbocycles. The van der Waals surface area contributed by atoms with Gasteiger partial charge in [0.25, 0.3) is 0 Å². The van der Waals surface area contributed by atoms with Crippen molar-refractivity contribution in [1.82, 2.24) is 0 Å². The zero-order chi connectivity index (χ0) is 31.8. The maximum Gasteiger partial charge on any atom is 0.209 e. The molecule has 0 radical (unpaired) electrons. The summed E-state index contributed by atoms with van der Waals surface area (Å²) in [5.74, 6) is -7.44. The summed E-state index contributed by atoms with van der Waals surface area (Å²) in [7, 11) is 0. The highest BCUT2D eigenvalue weighted by molar-refractivity contribution is 6.25. The number of allylic oxidation sites excluding steroid dienone is 2. The van der Waals surface area contributed by atoms with Crippen molar-refractivity contribution in [2.24, 2.45) is 34.5 Å². The number of Topliss-reactive ketones (excluding diaryl/α,β-unsaturated/α-hetero) is 4. The van der Waals surface area contributed by atoms with Crippen LogP contribution in [-0.2, 0) is 14.4 Å². The summed E-state index contributed by atoms with van der Waals surface area (Å²) in [6.07, 6.45) is 5.30. The Kier molecular flexibility index (Phi) is 7.56. The summed E-state index contributed by atoms with van der Waals surface area (Å²) >= 11 is 0. The van der Waals surface area contributed by atoms with Crippen LogP contribution < -0.4 is 0 Å². The van der Waals surface area contributed by atoms with Crippen LogP contribution in [0.2, 0.25) is 0 Å². The molecule has 0 spiro atoms. The van der Waals surface area contributed by atoms with Gasteiger partial charge in [0.1, 0.15) is 28.6 Å². The normalized spacial score (nSPS) is 34.9. The van der Waals surface area contributed by atoms with Crippen LogP contribution in [0.15, 0.2) is 40.9 Å². The van der Waals surface area contributed by atoms with Crippen LogP contribution in [0, 0.1) is 34.5 Å². The molecule has 232 valence electrons. The van der Waals surface area contributed by atoms with E-state index in [1.54, 1.807) is 39.8 Å². The van der Waals surface area contributed by atoms with Crippen LogP contribution in [0.4, 0.5) is 0 Å². The van der Waals surface area contributed by atoms with Crippen molar-refractivity contribution >= 4 is 23.1 Å². The molecule has 43 heavy (non-hydrogen) atoms. The molecular formula is C35H44O8. The lowest BCUT2D eigenvalue weighted by Crippen LogP contribution is -2.71. The number of phenols is 1. The third kappa shape index (κ3) is 3.97. The van der Waals surface area contributed by atoms with E-state index < -0.39 is 74.5 Å². The maximum atomic E-state index is 14.3. The molecule has 0 bridgehead atoms. The Balaban J connectivity index is 1.87. The van der Waals surface area contributed by atoms with E-state index in [4.69, 9.17) is 0 Å². The second kappa shape index (κ2) is 10.4. The molecule has 8 heteroatoms. The van der Waals surface area contributed by atoms with Gasteiger partial charge in [0.2, 0.25) is 5.78 Å². The average Bonchev–Trinajstić information content (AvgIpc) is 3.22. The topological polar surface area (TPSA) is 149 Å². The summed E-state index contributed by atoms with van der Waals surface area (Å²) in [5, 5.41) is 47.2. The molecule has 0 saturated heterocycles. The molecule has 4 aliphatic carbocycles. The first-order valence-corrected chi connectivity index (χ1v) is 15.6. The molecule has 5 rings (SSSR count). The molecule has 6 atom stereocenters. The number of carbonyl (C=O) groups excluding carboxylic acids is 4. The molecule has 4 N–H and O–H groups in total. The fourth-order valence-electron chi connectivity index (χ4n) is 9.50. The van der Waals surface area contributed by atoms with E-state index in [1.165, 1.54) is 6.07 Å². The molecular weight excluding hydrogens is 548 g/mol. The number of benzene rings is 1. The molecule has 0 heterocycles. The second-order valence-corrected chi connectivity index (χ2v) is 14.1. The first kappa shape index (κ1) is 31.2. The minimum Gasteiger partial charge on any atom is -0.511 e. The van der Waals surface area contributed by atoms with E-state index in [0.717, 1.165) is 45.4 Å². The van der Waals surface area contributed by atoms with Gasteiger partial charge in [-0.15, -0.1) is 0 Å². The molecule has 4 aliphatic rings. The Morgan fingerprint density at radius 3 is 2.16 bits per heavy atom. The Morgan fingerprint density at radius 1 is 1.00 bits per heavy atom. The van der Waals surface area contributed by atoms with Crippen LogP contribution in [0.25, 0.3) is 0 Å². The quantitative estimate of drug-likeness (QED) is 0.238. The summed E-state index contributed by atoms with van der Waals surface area (Å²) in [5.41, 5.74) is -6.08. The SMILES string of the molecule is CC(=O)C1=C(O)C(C(C)C)[C@@]2(C)[C@H](CC(=O)C3CCCCCC3)[C@]3(C)C(=C(O)[C@@]2(O)C1=O)C(=O)c1c(O)cccc1[C@H]3C. The molecule has 1 unspecified atom stereocenters. The Labute approximate surface area is 252 Å². The zero-order valence-corrected chi connectivity index (χ0v) is 26.0. The van der Waals surface area contributed by atoms with Crippen molar-refractivity contribution in [3.8, 4) is 5.75 Å². The number of aliphatic hydroxyl groups excluding tert-OH is 2. The zero-order valence-electron chi connectivity index (χ0n) is 26.0. The Bertz CT molecular complexity index is 1470. The number of aromatic hydroxyl groups is 1. The highest BCUT2D eigenvalue weighted by atomic mass is 16.4. The van der Waals surface area contributed by atoms with E-state index in [1.807, 2.05) is 6.92 Å². The van der Waals surface area contributed by atoms with E-state index in [2.05, 4.69) is 0 Å². The van der Waals surface area contributed by atoms with Gasteiger partial charge in [-0.1, -0.05) is 72.4 Å². The molecule has 1 aromatic rings. The van der Waals surface area contributed by atoms with Crippen molar-refractivity contribution in [2.45, 2.75) is 98.0 Å². The van der Waals surface area contributed by atoms with Crippen LogP contribution in [0.3, 0.4) is 0 Å².